The molecule has 3 nitrogen and oxygen atoms in total. The first-order chi connectivity index (χ1) is 6.31. The molecule has 0 aliphatic carbocycles. The molecule has 0 aromatic rings. The molecule has 2 fully saturated rings. The van der Waals surface area contributed by atoms with Crippen molar-refractivity contribution < 1.29 is 0 Å². The predicted octanol–water partition coefficient (Wildman–Crippen LogP) is -0.254. The Hall–Kier alpha value is -0.120. The lowest BCUT2D eigenvalue weighted by Crippen LogP contribution is -2.55. The summed E-state index contributed by atoms with van der Waals surface area (Å²) in [4.78, 5) is 2.45. The Morgan fingerprint density at radius 3 is 2.54 bits per heavy atom. The van der Waals surface area contributed by atoms with Crippen molar-refractivity contribution in [1.82, 2.24) is 15.5 Å². The molecule has 2 saturated heterocycles. The smallest absolute Gasteiger partial charge is 0.0157 e. The molecule has 0 aromatic carbocycles. The van der Waals surface area contributed by atoms with Crippen LogP contribution in [0.3, 0.4) is 0 Å². The second-order valence-corrected chi connectivity index (χ2v) is 4.54. The van der Waals surface area contributed by atoms with Gasteiger partial charge in [-0.05, 0) is 38.9 Å². The van der Waals surface area contributed by atoms with E-state index in [2.05, 4.69) is 29.6 Å². The predicted molar refractivity (Wildman–Crippen MR) is 54.8 cm³/mol. The molecule has 0 aromatic heterocycles. The van der Waals surface area contributed by atoms with Crippen LogP contribution < -0.4 is 10.6 Å². The van der Waals surface area contributed by atoms with Crippen LogP contribution in [0.1, 0.15) is 6.42 Å². The van der Waals surface area contributed by atoms with Crippen LogP contribution >= 0.6 is 0 Å². The number of nitrogens with zero attached hydrogens (tertiary/aromatic N) is 1. The van der Waals surface area contributed by atoms with E-state index in [1.165, 1.54) is 32.6 Å². The van der Waals surface area contributed by atoms with Gasteiger partial charge < -0.3 is 15.5 Å². The van der Waals surface area contributed by atoms with Crippen LogP contribution in [0.2, 0.25) is 0 Å². The summed E-state index contributed by atoms with van der Waals surface area (Å²) in [5, 5.41) is 6.86. The number of hydrogen-bond acceptors (Lipinski definition) is 3. The first kappa shape index (κ1) is 9.44. The maximum atomic E-state index is 3.50. The average Bonchev–Trinajstić information content (AvgIpc) is 2.43. The molecule has 76 valence electrons. The van der Waals surface area contributed by atoms with Gasteiger partial charge >= 0.3 is 0 Å². The fourth-order valence-electron chi connectivity index (χ4n) is 2.68. The SMILES string of the molecule is CNC(C1CNC1)C1CCN(C)C1. The van der Waals surface area contributed by atoms with Crippen LogP contribution in [0.4, 0.5) is 0 Å². The molecule has 3 heteroatoms. The van der Waals surface area contributed by atoms with E-state index < -0.39 is 0 Å². The Morgan fingerprint density at radius 2 is 2.15 bits per heavy atom. The molecular formula is C10H21N3. The molecule has 0 radical (unpaired) electrons. The van der Waals surface area contributed by atoms with Crippen LogP contribution in [-0.2, 0) is 0 Å². The molecule has 2 rings (SSSR count). The van der Waals surface area contributed by atoms with Crippen LogP contribution in [0.5, 0.6) is 0 Å². The molecule has 0 bridgehead atoms. The molecule has 2 aliphatic heterocycles. The largest absolute Gasteiger partial charge is 0.316 e. The molecule has 13 heavy (non-hydrogen) atoms. The van der Waals surface area contributed by atoms with Crippen molar-refractivity contribution in [2.75, 3.05) is 40.3 Å². The lowest BCUT2D eigenvalue weighted by Gasteiger charge is -2.37. The fourth-order valence-corrected chi connectivity index (χ4v) is 2.68. The van der Waals surface area contributed by atoms with Crippen LogP contribution in [-0.4, -0.2) is 51.2 Å². The number of nitrogens with one attached hydrogen (secondary N) is 2. The van der Waals surface area contributed by atoms with E-state index in [0.29, 0.717) is 0 Å². The molecular weight excluding hydrogens is 162 g/mol. The fraction of sp³-hybridized carbons (Fsp3) is 1.00. The zero-order valence-electron chi connectivity index (χ0n) is 8.71. The quantitative estimate of drug-likeness (QED) is 0.631. The normalized spacial score (nSPS) is 33.2. The van der Waals surface area contributed by atoms with Gasteiger partial charge in [0.05, 0.1) is 0 Å². The summed E-state index contributed by atoms with van der Waals surface area (Å²) in [5.41, 5.74) is 0. The Morgan fingerprint density at radius 1 is 1.38 bits per heavy atom. The Kier molecular flexibility index (Phi) is 2.86. The monoisotopic (exact) mass is 183 g/mol. The van der Waals surface area contributed by atoms with Gasteiger partial charge in [-0.1, -0.05) is 0 Å². The highest BCUT2D eigenvalue weighted by atomic mass is 15.1. The van der Waals surface area contributed by atoms with Crippen molar-refractivity contribution in [3.05, 3.63) is 0 Å². The van der Waals surface area contributed by atoms with Crippen LogP contribution in [0, 0.1) is 11.8 Å². The highest BCUT2D eigenvalue weighted by Gasteiger charge is 2.34. The van der Waals surface area contributed by atoms with Gasteiger partial charge in [-0.25, -0.2) is 0 Å². The van der Waals surface area contributed by atoms with E-state index >= 15 is 0 Å². The van der Waals surface area contributed by atoms with Crippen molar-refractivity contribution >= 4 is 0 Å². The molecule has 0 saturated carbocycles. The molecule has 2 unspecified atom stereocenters. The topological polar surface area (TPSA) is 27.3 Å². The minimum atomic E-state index is 0.742. The minimum Gasteiger partial charge on any atom is -0.316 e. The van der Waals surface area contributed by atoms with Gasteiger partial charge in [-0.15, -0.1) is 0 Å². The molecule has 0 amide bonds. The lowest BCUT2D eigenvalue weighted by atomic mass is 9.84. The van der Waals surface area contributed by atoms with Crippen LogP contribution in [0.15, 0.2) is 0 Å². The average molecular weight is 183 g/mol. The third kappa shape index (κ3) is 1.87. The van der Waals surface area contributed by atoms with E-state index in [1.807, 2.05) is 0 Å². The Labute approximate surface area is 80.9 Å². The van der Waals surface area contributed by atoms with Crippen molar-refractivity contribution in [1.29, 1.82) is 0 Å². The first-order valence-corrected chi connectivity index (χ1v) is 5.38. The van der Waals surface area contributed by atoms with Gasteiger partial charge in [-0.3, -0.25) is 0 Å². The Bertz CT molecular complexity index is 168. The van der Waals surface area contributed by atoms with E-state index in [9.17, 15) is 0 Å². The number of likely N-dealkylation sites (tertiary alicyclic amines) is 1. The maximum Gasteiger partial charge on any atom is 0.0157 e. The first-order valence-electron chi connectivity index (χ1n) is 5.38. The number of hydrogen-bond donors (Lipinski definition) is 2. The van der Waals surface area contributed by atoms with E-state index in [4.69, 9.17) is 0 Å². The molecule has 2 N–H and O–H groups in total. The van der Waals surface area contributed by atoms with Gasteiger partial charge in [0.15, 0.2) is 0 Å². The summed E-state index contributed by atoms with van der Waals surface area (Å²) in [6.45, 7) is 4.99. The summed E-state index contributed by atoms with van der Waals surface area (Å²) in [5.74, 6) is 1.75. The summed E-state index contributed by atoms with van der Waals surface area (Å²) in [6, 6.07) is 0.742. The zero-order chi connectivity index (χ0) is 9.26. The summed E-state index contributed by atoms with van der Waals surface area (Å²) in [6.07, 6.45) is 1.37. The van der Waals surface area contributed by atoms with Gasteiger partial charge in [0.2, 0.25) is 0 Å². The molecule has 2 aliphatic rings. The standard InChI is InChI=1S/C10H21N3/c1-11-10(9-5-12-6-9)8-3-4-13(2)7-8/h8-12H,3-7H2,1-2H3. The van der Waals surface area contributed by atoms with E-state index in [-0.39, 0.29) is 0 Å². The third-order valence-corrected chi connectivity index (χ3v) is 3.59. The van der Waals surface area contributed by atoms with Crippen molar-refractivity contribution in [2.24, 2.45) is 11.8 Å². The van der Waals surface area contributed by atoms with E-state index in [1.54, 1.807) is 0 Å². The van der Waals surface area contributed by atoms with Gasteiger partial charge in [0.25, 0.3) is 0 Å². The minimum absolute atomic E-state index is 0.742. The Balaban J connectivity index is 1.88. The summed E-state index contributed by atoms with van der Waals surface area (Å²) >= 11 is 0. The van der Waals surface area contributed by atoms with Gasteiger partial charge in [0, 0.05) is 25.7 Å². The zero-order valence-corrected chi connectivity index (χ0v) is 8.71. The highest BCUT2D eigenvalue weighted by molar-refractivity contribution is 4.92. The van der Waals surface area contributed by atoms with Crippen molar-refractivity contribution in [3.63, 3.8) is 0 Å². The molecule has 0 spiro atoms. The molecule has 2 atom stereocenters. The highest BCUT2D eigenvalue weighted by Crippen LogP contribution is 2.24. The lowest BCUT2D eigenvalue weighted by molar-refractivity contribution is 0.204. The third-order valence-electron chi connectivity index (χ3n) is 3.59. The number of rotatable bonds is 3. The second-order valence-electron chi connectivity index (χ2n) is 4.54. The van der Waals surface area contributed by atoms with Gasteiger partial charge in [0.1, 0.15) is 0 Å². The summed E-state index contributed by atoms with van der Waals surface area (Å²) < 4.78 is 0. The maximum absolute atomic E-state index is 3.50. The summed E-state index contributed by atoms with van der Waals surface area (Å²) in [7, 11) is 4.34. The van der Waals surface area contributed by atoms with Crippen molar-refractivity contribution in [2.45, 2.75) is 12.5 Å². The van der Waals surface area contributed by atoms with Crippen LogP contribution in [0.25, 0.3) is 0 Å². The second kappa shape index (κ2) is 3.95. The van der Waals surface area contributed by atoms with Gasteiger partial charge in [-0.2, -0.15) is 0 Å². The van der Waals surface area contributed by atoms with Crippen molar-refractivity contribution in [3.8, 4) is 0 Å². The van der Waals surface area contributed by atoms with E-state index in [0.717, 1.165) is 17.9 Å². The molecule has 2 heterocycles.